The van der Waals surface area contributed by atoms with Crippen LogP contribution < -0.4 is 0 Å². The lowest BCUT2D eigenvalue weighted by molar-refractivity contribution is -0.0995. The molecule has 2 fully saturated rings. The summed E-state index contributed by atoms with van der Waals surface area (Å²) in [6.45, 7) is 5.66. The van der Waals surface area contributed by atoms with E-state index >= 15 is 0 Å². The molecule has 2 atom stereocenters. The maximum absolute atomic E-state index is 12.6. The molecule has 2 bridgehead atoms. The van der Waals surface area contributed by atoms with Crippen LogP contribution in [0.2, 0.25) is 0 Å². The van der Waals surface area contributed by atoms with Crippen molar-refractivity contribution in [2.45, 2.75) is 76.2 Å². The van der Waals surface area contributed by atoms with Crippen LogP contribution in [0.3, 0.4) is 0 Å². The third-order valence-electron chi connectivity index (χ3n) is 4.91. The molecule has 3 heterocycles. The first kappa shape index (κ1) is 16.3. The quantitative estimate of drug-likeness (QED) is 0.863. The SMILES string of the molecule is Cn1cncc1C1(O)CC2CCCC(C1)N2C(=O)OC(C)(C)C. The maximum Gasteiger partial charge on any atom is 0.410 e. The molecule has 2 unspecified atom stereocenters. The average Bonchev–Trinajstić information content (AvgIpc) is 2.82. The summed E-state index contributed by atoms with van der Waals surface area (Å²) in [5.41, 5.74) is -0.584. The van der Waals surface area contributed by atoms with E-state index in [1.54, 1.807) is 12.5 Å². The lowest BCUT2D eigenvalue weighted by atomic mass is 9.74. The number of carbonyl (C=O) groups is 1. The summed E-state index contributed by atoms with van der Waals surface area (Å²) >= 11 is 0. The van der Waals surface area contributed by atoms with Crippen molar-refractivity contribution in [2.75, 3.05) is 0 Å². The van der Waals surface area contributed by atoms with Crippen molar-refractivity contribution in [1.29, 1.82) is 0 Å². The van der Waals surface area contributed by atoms with Crippen LogP contribution in [-0.4, -0.2) is 43.3 Å². The number of ether oxygens (including phenoxy) is 1. The van der Waals surface area contributed by atoms with Crippen LogP contribution in [0.25, 0.3) is 0 Å². The first-order chi connectivity index (χ1) is 10.7. The molecule has 1 aromatic heterocycles. The number of aliphatic hydroxyl groups is 1. The van der Waals surface area contributed by atoms with Crippen LogP contribution in [-0.2, 0) is 17.4 Å². The van der Waals surface area contributed by atoms with Gasteiger partial charge >= 0.3 is 6.09 Å². The monoisotopic (exact) mass is 321 g/mol. The Morgan fingerprint density at radius 1 is 1.35 bits per heavy atom. The van der Waals surface area contributed by atoms with Crippen molar-refractivity contribution in [3.8, 4) is 0 Å². The number of hydrogen-bond acceptors (Lipinski definition) is 4. The maximum atomic E-state index is 12.6. The minimum absolute atomic E-state index is 0.0252. The van der Waals surface area contributed by atoms with E-state index in [0.717, 1.165) is 25.0 Å². The molecule has 128 valence electrons. The Bertz CT molecular complexity index is 576. The second-order valence-corrected chi connectivity index (χ2v) is 7.96. The van der Waals surface area contributed by atoms with Gasteiger partial charge in [0.1, 0.15) is 11.2 Å². The molecule has 2 aliphatic heterocycles. The van der Waals surface area contributed by atoms with Crippen LogP contribution in [0, 0.1) is 0 Å². The van der Waals surface area contributed by atoms with E-state index in [2.05, 4.69) is 4.98 Å². The number of amides is 1. The van der Waals surface area contributed by atoms with Gasteiger partial charge in [0.05, 0.1) is 18.2 Å². The molecule has 3 rings (SSSR count). The smallest absolute Gasteiger partial charge is 0.410 e. The number of piperidine rings is 2. The van der Waals surface area contributed by atoms with Crippen molar-refractivity contribution in [3.05, 3.63) is 18.2 Å². The molecular formula is C17H27N3O3. The molecule has 1 N–H and O–H groups in total. The van der Waals surface area contributed by atoms with E-state index < -0.39 is 11.2 Å². The minimum Gasteiger partial charge on any atom is -0.444 e. The molecule has 1 amide bonds. The van der Waals surface area contributed by atoms with Gasteiger partial charge in [-0.05, 0) is 40.0 Å². The van der Waals surface area contributed by atoms with Gasteiger partial charge in [-0.25, -0.2) is 9.78 Å². The summed E-state index contributed by atoms with van der Waals surface area (Å²) in [7, 11) is 1.90. The normalized spacial score (nSPS) is 31.1. The third-order valence-corrected chi connectivity index (χ3v) is 4.91. The fraction of sp³-hybridized carbons (Fsp3) is 0.765. The summed E-state index contributed by atoms with van der Waals surface area (Å²) in [5, 5.41) is 11.2. The molecular weight excluding hydrogens is 294 g/mol. The molecule has 0 aliphatic carbocycles. The highest BCUT2D eigenvalue weighted by Crippen LogP contribution is 2.44. The first-order valence-corrected chi connectivity index (χ1v) is 8.40. The van der Waals surface area contributed by atoms with Crippen LogP contribution in [0.1, 0.15) is 58.6 Å². The predicted molar refractivity (Wildman–Crippen MR) is 85.8 cm³/mol. The van der Waals surface area contributed by atoms with Crippen molar-refractivity contribution >= 4 is 6.09 Å². The van der Waals surface area contributed by atoms with E-state index in [1.165, 1.54) is 0 Å². The van der Waals surface area contributed by atoms with Crippen LogP contribution in [0.4, 0.5) is 4.79 Å². The molecule has 2 aliphatic rings. The summed E-state index contributed by atoms with van der Waals surface area (Å²) in [6.07, 6.45) is 7.20. The fourth-order valence-electron chi connectivity index (χ4n) is 4.06. The van der Waals surface area contributed by atoms with Crippen LogP contribution in [0.5, 0.6) is 0 Å². The van der Waals surface area contributed by atoms with Gasteiger partial charge in [0.15, 0.2) is 0 Å². The Morgan fingerprint density at radius 3 is 2.43 bits per heavy atom. The summed E-state index contributed by atoms with van der Waals surface area (Å²) in [4.78, 5) is 18.6. The Kier molecular flexibility index (Phi) is 3.91. The Balaban J connectivity index is 1.84. The first-order valence-electron chi connectivity index (χ1n) is 8.40. The van der Waals surface area contributed by atoms with Crippen LogP contribution in [0.15, 0.2) is 12.5 Å². The van der Waals surface area contributed by atoms with Gasteiger partial charge in [-0.2, -0.15) is 0 Å². The number of imidazole rings is 1. The number of rotatable bonds is 1. The van der Waals surface area contributed by atoms with E-state index in [1.807, 2.05) is 37.3 Å². The summed E-state index contributed by atoms with van der Waals surface area (Å²) < 4.78 is 7.46. The lowest BCUT2D eigenvalue weighted by Crippen LogP contribution is -2.59. The van der Waals surface area contributed by atoms with Crippen molar-refractivity contribution in [1.82, 2.24) is 14.5 Å². The zero-order chi connectivity index (χ0) is 16.8. The molecule has 2 saturated heterocycles. The Morgan fingerprint density at radius 2 is 1.96 bits per heavy atom. The van der Waals surface area contributed by atoms with Gasteiger partial charge in [0.25, 0.3) is 0 Å². The highest BCUT2D eigenvalue weighted by atomic mass is 16.6. The molecule has 0 aromatic carbocycles. The largest absolute Gasteiger partial charge is 0.444 e. The van der Waals surface area contributed by atoms with E-state index in [4.69, 9.17) is 4.74 Å². The highest BCUT2D eigenvalue weighted by Gasteiger charge is 2.50. The van der Waals surface area contributed by atoms with Crippen molar-refractivity contribution < 1.29 is 14.6 Å². The van der Waals surface area contributed by atoms with Gasteiger partial charge in [0.2, 0.25) is 0 Å². The average molecular weight is 321 g/mol. The molecule has 0 saturated carbocycles. The van der Waals surface area contributed by atoms with Crippen molar-refractivity contribution in [2.24, 2.45) is 7.05 Å². The van der Waals surface area contributed by atoms with Gasteiger partial charge in [0, 0.05) is 32.0 Å². The van der Waals surface area contributed by atoms with Gasteiger partial charge in [-0.1, -0.05) is 0 Å². The zero-order valence-corrected chi connectivity index (χ0v) is 14.5. The molecule has 1 aromatic rings. The molecule has 23 heavy (non-hydrogen) atoms. The van der Waals surface area contributed by atoms with E-state index in [-0.39, 0.29) is 18.2 Å². The number of aryl methyl sites for hydroxylation is 1. The van der Waals surface area contributed by atoms with Gasteiger partial charge < -0.3 is 19.3 Å². The standard InChI is InChI=1S/C17H27N3O3/c1-16(2,3)23-15(21)20-12-6-5-7-13(20)9-17(22,8-12)14-10-18-11-19(14)4/h10-13,22H,5-9H2,1-4H3. The zero-order valence-electron chi connectivity index (χ0n) is 14.5. The number of fused-ring (bicyclic) bond motifs is 2. The Labute approximate surface area is 137 Å². The third kappa shape index (κ3) is 3.09. The predicted octanol–water partition coefficient (Wildman–Crippen LogP) is 2.56. The minimum atomic E-state index is -0.917. The second kappa shape index (κ2) is 5.51. The lowest BCUT2D eigenvalue weighted by Gasteiger charge is -2.51. The van der Waals surface area contributed by atoms with Gasteiger partial charge in [-0.15, -0.1) is 0 Å². The second-order valence-electron chi connectivity index (χ2n) is 7.96. The highest BCUT2D eigenvalue weighted by molar-refractivity contribution is 5.69. The fourth-order valence-corrected chi connectivity index (χ4v) is 4.06. The number of carbonyl (C=O) groups excluding carboxylic acids is 1. The number of hydrogen-bond donors (Lipinski definition) is 1. The Hall–Kier alpha value is -1.56. The topological polar surface area (TPSA) is 67.6 Å². The van der Waals surface area contributed by atoms with Crippen LogP contribution >= 0.6 is 0 Å². The summed E-state index contributed by atoms with van der Waals surface area (Å²) in [5.74, 6) is 0. The van der Waals surface area contributed by atoms with Crippen molar-refractivity contribution in [3.63, 3.8) is 0 Å². The molecule has 0 radical (unpaired) electrons. The molecule has 6 heteroatoms. The molecule has 0 spiro atoms. The molecule has 6 nitrogen and oxygen atoms in total. The van der Waals surface area contributed by atoms with Gasteiger partial charge in [-0.3, -0.25) is 0 Å². The number of aromatic nitrogens is 2. The summed E-state index contributed by atoms with van der Waals surface area (Å²) in [6, 6.07) is 0.0505. The van der Waals surface area contributed by atoms with E-state index in [9.17, 15) is 9.90 Å². The number of nitrogens with zero attached hydrogens (tertiary/aromatic N) is 3. The van der Waals surface area contributed by atoms with E-state index in [0.29, 0.717) is 12.8 Å².